The van der Waals surface area contributed by atoms with Crippen LogP contribution in [0, 0.1) is 5.92 Å². The van der Waals surface area contributed by atoms with Gasteiger partial charge in [0.2, 0.25) is 5.89 Å². The van der Waals surface area contributed by atoms with E-state index in [2.05, 4.69) is 9.97 Å². The van der Waals surface area contributed by atoms with Crippen LogP contribution < -0.4 is 0 Å². The first-order valence-electron chi connectivity index (χ1n) is 5.42. The average molecular weight is 234 g/mol. The molecular weight excluding hydrogens is 220 g/mol. The summed E-state index contributed by atoms with van der Waals surface area (Å²) in [6, 6.07) is 3.54. The molecule has 0 fully saturated rings. The summed E-state index contributed by atoms with van der Waals surface area (Å²) in [5, 5.41) is 0. The number of hydrogen-bond acceptors (Lipinski definition) is 5. The lowest BCUT2D eigenvalue weighted by Crippen LogP contribution is -2.19. The Morgan fingerprint density at radius 2 is 2.24 bits per heavy atom. The van der Waals surface area contributed by atoms with Crippen LogP contribution in [-0.4, -0.2) is 23.0 Å². The topological polar surface area (TPSA) is 65.2 Å². The molecule has 0 aliphatic carbocycles. The number of nitrogens with zero attached hydrogens (tertiary/aromatic N) is 2. The van der Waals surface area contributed by atoms with Gasteiger partial charge in [-0.2, -0.15) is 4.98 Å². The highest BCUT2D eigenvalue weighted by atomic mass is 16.5. The average Bonchev–Trinajstić information content (AvgIpc) is 2.71. The minimum absolute atomic E-state index is 0.0514. The molecule has 5 nitrogen and oxygen atoms in total. The smallest absolute Gasteiger partial charge is 0.318 e. The zero-order valence-electron chi connectivity index (χ0n) is 10.0. The molecule has 0 saturated heterocycles. The molecule has 1 unspecified atom stereocenters. The molecule has 1 atom stereocenters. The Bertz CT molecular complexity index is 500. The fourth-order valence-corrected chi connectivity index (χ4v) is 1.70. The van der Waals surface area contributed by atoms with E-state index in [4.69, 9.17) is 9.15 Å². The SMILES string of the molecule is COC(=O)C(c1nc2ncccc2o1)C(C)C. The van der Waals surface area contributed by atoms with E-state index in [1.165, 1.54) is 7.11 Å². The molecule has 90 valence electrons. The Labute approximate surface area is 98.8 Å². The van der Waals surface area contributed by atoms with Gasteiger partial charge in [-0.25, -0.2) is 4.98 Å². The monoisotopic (exact) mass is 234 g/mol. The molecule has 0 aromatic carbocycles. The van der Waals surface area contributed by atoms with Crippen molar-refractivity contribution in [1.82, 2.24) is 9.97 Å². The van der Waals surface area contributed by atoms with Crippen LogP contribution in [0.1, 0.15) is 25.7 Å². The molecule has 2 aromatic rings. The van der Waals surface area contributed by atoms with E-state index in [1.807, 2.05) is 13.8 Å². The molecule has 0 aliphatic rings. The molecule has 0 amide bonds. The van der Waals surface area contributed by atoms with Crippen molar-refractivity contribution < 1.29 is 13.9 Å². The van der Waals surface area contributed by atoms with Crippen molar-refractivity contribution in [2.45, 2.75) is 19.8 Å². The molecule has 2 aromatic heterocycles. The summed E-state index contributed by atoms with van der Waals surface area (Å²) in [5.41, 5.74) is 1.09. The Morgan fingerprint density at radius 3 is 2.82 bits per heavy atom. The van der Waals surface area contributed by atoms with Gasteiger partial charge in [0.25, 0.3) is 0 Å². The van der Waals surface area contributed by atoms with Crippen LogP contribution in [0.4, 0.5) is 0 Å². The molecule has 5 heteroatoms. The van der Waals surface area contributed by atoms with E-state index < -0.39 is 5.92 Å². The van der Waals surface area contributed by atoms with Crippen molar-refractivity contribution >= 4 is 17.2 Å². The van der Waals surface area contributed by atoms with E-state index >= 15 is 0 Å². The summed E-state index contributed by atoms with van der Waals surface area (Å²) in [4.78, 5) is 20.0. The summed E-state index contributed by atoms with van der Waals surface area (Å²) in [6.07, 6.45) is 1.64. The van der Waals surface area contributed by atoms with Crippen LogP contribution in [-0.2, 0) is 9.53 Å². The molecule has 2 heterocycles. The Balaban J connectivity index is 2.45. The van der Waals surface area contributed by atoms with Crippen molar-refractivity contribution in [3.8, 4) is 0 Å². The van der Waals surface area contributed by atoms with Crippen LogP contribution >= 0.6 is 0 Å². The standard InChI is InChI=1S/C12H14N2O3/c1-7(2)9(12(15)16-3)11-14-10-8(17-11)5-4-6-13-10/h4-7,9H,1-3H3. The van der Waals surface area contributed by atoms with Crippen LogP contribution in [0.15, 0.2) is 22.7 Å². The third-order valence-electron chi connectivity index (χ3n) is 2.57. The van der Waals surface area contributed by atoms with Gasteiger partial charge in [-0.15, -0.1) is 0 Å². The molecule has 0 N–H and O–H groups in total. The van der Waals surface area contributed by atoms with Crippen molar-refractivity contribution in [1.29, 1.82) is 0 Å². The maximum atomic E-state index is 11.7. The molecular formula is C12H14N2O3. The number of hydrogen-bond donors (Lipinski definition) is 0. The third-order valence-corrected chi connectivity index (χ3v) is 2.57. The van der Waals surface area contributed by atoms with Crippen molar-refractivity contribution in [3.63, 3.8) is 0 Å². The molecule has 0 radical (unpaired) electrons. The second-order valence-corrected chi connectivity index (χ2v) is 4.12. The third kappa shape index (κ3) is 2.13. The summed E-state index contributed by atoms with van der Waals surface area (Å²) >= 11 is 0. The van der Waals surface area contributed by atoms with Crippen LogP contribution in [0.3, 0.4) is 0 Å². The predicted octanol–water partition coefficient (Wildman–Crippen LogP) is 2.14. The van der Waals surface area contributed by atoms with Crippen LogP contribution in [0.2, 0.25) is 0 Å². The van der Waals surface area contributed by atoms with Gasteiger partial charge in [0.05, 0.1) is 7.11 Å². The van der Waals surface area contributed by atoms with Crippen LogP contribution in [0.5, 0.6) is 0 Å². The number of pyridine rings is 1. The second-order valence-electron chi connectivity index (χ2n) is 4.12. The lowest BCUT2D eigenvalue weighted by molar-refractivity contribution is -0.144. The zero-order valence-corrected chi connectivity index (χ0v) is 10.0. The zero-order chi connectivity index (χ0) is 12.4. The van der Waals surface area contributed by atoms with Gasteiger partial charge in [0.1, 0.15) is 5.92 Å². The second kappa shape index (κ2) is 4.53. The summed E-state index contributed by atoms with van der Waals surface area (Å²) in [5.74, 6) is -0.420. The first kappa shape index (κ1) is 11.6. The molecule has 0 saturated carbocycles. The minimum Gasteiger partial charge on any atom is -0.468 e. The maximum absolute atomic E-state index is 11.7. The van der Waals surface area contributed by atoms with E-state index in [0.29, 0.717) is 17.1 Å². The van der Waals surface area contributed by atoms with Crippen LogP contribution in [0.25, 0.3) is 11.2 Å². The minimum atomic E-state index is -0.491. The predicted molar refractivity (Wildman–Crippen MR) is 61.4 cm³/mol. The number of carbonyl (C=O) groups excluding carboxylic acids is 1. The number of oxazole rings is 1. The van der Waals surface area contributed by atoms with E-state index in [9.17, 15) is 4.79 Å². The van der Waals surface area contributed by atoms with Gasteiger partial charge in [-0.3, -0.25) is 4.79 Å². The van der Waals surface area contributed by atoms with Gasteiger partial charge in [0.15, 0.2) is 11.2 Å². The van der Waals surface area contributed by atoms with Crippen molar-refractivity contribution in [3.05, 3.63) is 24.2 Å². The first-order valence-corrected chi connectivity index (χ1v) is 5.42. The lowest BCUT2D eigenvalue weighted by Gasteiger charge is -2.13. The lowest BCUT2D eigenvalue weighted by atomic mass is 9.96. The first-order chi connectivity index (χ1) is 8.13. The highest BCUT2D eigenvalue weighted by Gasteiger charge is 2.30. The van der Waals surface area contributed by atoms with Gasteiger partial charge >= 0.3 is 5.97 Å². The van der Waals surface area contributed by atoms with Crippen molar-refractivity contribution in [2.75, 3.05) is 7.11 Å². The number of carbonyl (C=O) groups is 1. The summed E-state index contributed by atoms with van der Waals surface area (Å²) in [6.45, 7) is 3.84. The van der Waals surface area contributed by atoms with E-state index in [-0.39, 0.29) is 11.9 Å². The fourth-order valence-electron chi connectivity index (χ4n) is 1.70. The Kier molecular flexibility index (Phi) is 3.08. The summed E-state index contributed by atoms with van der Waals surface area (Å²) < 4.78 is 10.3. The maximum Gasteiger partial charge on any atom is 0.318 e. The summed E-state index contributed by atoms with van der Waals surface area (Å²) in [7, 11) is 1.36. The highest BCUT2D eigenvalue weighted by molar-refractivity contribution is 5.78. The van der Waals surface area contributed by atoms with E-state index in [0.717, 1.165) is 0 Å². The number of ether oxygens (including phenoxy) is 1. The normalized spacial score (nSPS) is 12.9. The van der Waals surface area contributed by atoms with Gasteiger partial charge in [-0.1, -0.05) is 13.8 Å². The number of aromatic nitrogens is 2. The number of rotatable bonds is 3. The number of methoxy groups -OCH3 is 1. The molecule has 0 spiro atoms. The molecule has 2 rings (SSSR count). The number of esters is 1. The van der Waals surface area contributed by atoms with Gasteiger partial charge in [0, 0.05) is 6.20 Å². The van der Waals surface area contributed by atoms with Gasteiger partial charge in [-0.05, 0) is 18.1 Å². The quantitative estimate of drug-likeness (QED) is 0.761. The fraction of sp³-hybridized carbons (Fsp3) is 0.417. The van der Waals surface area contributed by atoms with Gasteiger partial charge < -0.3 is 9.15 Å². The molecule has 17 heavy (non-hydrogen) atoms. The highest BCUT2D eigenvalue weighted by Crippen LogP contribution is 2.27. The Hall–Kier alpha value is -1.91. The largest absolute Gasteiger partial charge is 0.468 e. The molecule has 0 bridgehead atoms. The van der Waals surface area contributed by atoms with E-state index in [1.54, 1.807) is 18.3 Å². The molecule has 0 aliphatic heterocycles. The van der Waals surface area contributed by atoms with Crippen molar-refractivity contribution in [2.24, 2.45) is 5.92 Å². The Morgan fingerprint density at radius 1 is 1.47 bits per heavy atom. The number of fused-ring (bicyclic) bond motifs is 1.